The molecule has 1 aromatic rings. The van der Waals surface area contributed by atoms with E-state index in [1.54, 1.807) is 0 Å². The Bertz CT molecular complexity index is 435. The molecule has 3 N–H and O–H groups in total. The topological polar surface area (TPSA) is 78.4 Å². The number of unbranched alkanes of at least 4 members (excludes halogenated alkanes) is 2. The molecule has 6 heteroatoms. The fourth-order valence-corrected chi connectivity index (χ4v) is 1.89. The number of carbonyl (C=O) groups is 2. The van der Waals surface area contributed by atoms with Crippen LogP contribution in [0.15, 0.2) is 28.7 Å². The number of hydrogen-bond acceptors (Lipinski definition) is 2. The molecule has 20 heavy (non-hydrogen) atoms. The summed E-state index contributed by atoms with van der Waals surface area (Å²) in [6, 6.07) is 7.53. The number of benzene rings is 1. The minimum absolute atomic E-state index is 0.190. The largest absolute Gasteiger partial charge is 0.481 e. The van der Waals surface area contributed by atoms with Gasteiger partial charge in [0.2, 0.25) is 0 Å². The maximum atomic E-state index is 11.5. The van der Waals surface area contributed by atoms with Crippen molar-refractivity contribution in [2.24, 2.45) is 0 Å². The zero-order valence-electron chi connectivity index (χ0n) is 11.2. The molecule has 110 valence electrons. The lowest BCUT2D eigenvalue weighted by molar-refractivity contribution is -0.137. The smallest absolute Gasteiger partial charge is 0.315 e. The quantitative estimate of drug-likeness (QED) is 0.635. The number of amides is 2. The average Bonchev–Trinajstić information content (AvgIpc) is 2.41. The summed E-state index contributed by atoms with van der Waals surface area (Å²) >= 11 is 3.35. The van der Waals surface area contributed by atoms with Crippen molar-refractivity contribution < 1.29 is 14.7 Å². The van der Waals surface area contributed by atoms with Crippen molar-refractivity contribution in [1.82, 2.24) is 10.6 Å². The third kappa shape index (κ3) is 7.78. The summed E-state index contributed by atoms with van der Waals surface area (Å²) in [6.45, 7) is 1.05. The van der Waals surface area contributed by atoms with E-state index in [1.165, 1.54) is 0 Å². The molecule has 2 amide bonds. The fourth-order valence-electron chi connectivity index (χ4n) is 1.63. The summed E-state index contributed by atoms with van der Waals surface area (Å²) in [5, 5.41) is 14.0. The Morgan fingerprint density at radius 3 is 2.40 bits per heavy atom. The van der Waals surface area contributed by atoms with Gasteiger partial charge in [-0.2, -0.15) is 0 Å². The van der Waals surface area contributed by atoms with Crippen LogP contribution in [0.25, 0.3) is 0 Å². The van der Waals surface area contributed by atoms with Gasteiger partial charge in [-0.15, -0.1) is 0 Å². The van der Waals surface area contributed by atoms with Crippen molar-refractivity contribution in [1.29, 1.82) is 0 Å². The predicted molar refractivity (Wildman–Crippen MR) is 80.5 cm³/mol. The van der Waals surface area contributed by atoms with Crippen molar-refractivity contribution in [3.63, 3.8) is 0 Å². The molecule has 0 fully saturated rings. The maximum absolute atomic E-state index is 11.5. The van der Waals surface area contributed by atoms with Gasteiger partial charge in [0.1, 0.15) is 0 Å². The van der Waals surface area contributed by atoms with E-state index in [0.29, 0.717) is 19.5 Å². The third-order valence-electron chi connectivity index (χ3n) is 2.72. The van der Waals surface area contributed by atoms with Gasteiger partial charge in [-0.1, -0.05) is 34.5 Å². The van der Waals surface area contributed by atoms with Crippen LogP contribution in [0.3, 0.4) is 0 Å². The highest BCUT2D eigenvalue weighted by Gasteiger charge is 2.00. The standard InChI is InChI=1S/C14H19BrN2O3/c15-12-7-5-11(6-8-12)10-17-14(20)16-9-3-1-2-4-13(18)19/h5-8H,1-4,9-10H2,(H,18,19)(H2,16,17,20). The highest BCUT2D eigenvalue weighted by Crippen LogP contribution is 2.10. The van der Waals surface area contributed by atoms with Gasteiger partial charge >= 0.3 is 12.0 Å². The minimum atomic E-state index is -0.773. The van der Waals surface area contributed by atoms with Gasteiger partial charge in [-0.25, -0.2) is 4.79 Å². The number of halogens is 1. The van der Waals surface area contributed by atoms with Crippen LogP contribution in [0.2, 0.25) is 0 Å². The van der Waals surface area contributed by atoms with Crippen LogP contribution in [0.1, 0.15) is 31.2 Å². The van der Waals surface area contributed by atoms with Gasteiger partial charge in [-0.05, 0) is 30.5 Å². The van der Waals surface area contributed by atoms with E-state index in [9.17, 15) is 9.59 Å². The zero-order valence-corrected chi connectivity index (χ0v) is 12.8. The van der Waals surface area contributed by atoms with Crippen LogP contribution in [0.5, 0.6) is 0 Å². The molecule has 0 aliphatic carbocycles. The number of carboxylic acid groups (broad SMARTS) is 1. The van der Waals surface area contributed by atoms with E-state index in [2.05, 4.69) is 26.6 Å². The summed E-state index contributed by atoms with van der Waals surface area (Å²) < 4.78 is 1.01. The molecule has 0 aliphatic rings. The molecule has 0 saturated heterocycles. The molecule has 1 aromatic carbocycles. The zero-order chi connectivity index (χ0) is 14.8. The molecule has 0 radical (unpaired) electrons. The van der Waals surface area contributed by atoms with Crippen molar-refractivity contribution in [3.05, 3.63) is 34.3 Å². The van der Waals surface area contributed by atoms with E-state index < -0.39 is 5.97 Å². The van der Waals surface area contributed by atoms with E-state index in [1.807, 2.05) is 24.3 Å². The molecule has 5 nitrogen and oxygen atoms in total. The van der Waals surface area contributed by atoms with E-state index in [-0.39, 0.29) is 12.5 Å². The summed E-state index contributed by atoms with van der Waals surface area (Å²) in [5.74, 6) is -0.773. The molecule has 0 aliphatic heterocycles. The van der Waals surface area contributed by atoms with E-state index in [0.717, 1.165) is 22.9 Å². The SMILES string of the molecule is O=C(O)CCCCCNC(=O)NCc1ccc(Br)cc1. The van der Waals surface area contributed by atoms with Crippen LogP contribution in [-0.2, 0) is 11.3 Å². The lowest BCUT2D eigenvalue weighted by Crippen LogP contribution is -2.35. The first-order valence-electron chi connectivity index (χ1n) is 6.56. The Hall–Kier alpha value is -1.56. The molecule has 0 bridgehead atoms. The molecule has 1 rings (SSSR count). The number of hydrogen-bond donors (Lipinski definition) is 3. The maximum Gasteiger partial charge on any atom is 0.315 e. The Morgan fingerprint density at radius 1 is 1.05 bits per heavy atom. The molecule has 0 atom stereocenters. The monoisotopic (exact) mass is 342 g/mol. The third-order valence-corrected chi connectivity index (χ3v) is 3.25. The average molecular weight is 343 g/mol. The highest BCUT2D eigenvalue weighted by atomic mass is 79.9. The number of carbonyl (C=O) groups excluding carboxylic acids is 1. The summed E-state index contributed by atoms with van der Waals surface area (Å²) in [5.41, 5.74) is 1.03. The van der Waals surface area contributed by atoms with Crippen LogP contribution in [0, 0.1) is 0 Å². The van der Waals surface area contributed by atoms with Gasteiger partial charge < -0.3 is 15.7 Å². The fraction of sp³-hybridized carbons (Fsp3) is 0.429. The Kier molecular flexibility index (Phi) is 7.72. The van der Waals surface area contributed by atoms with E-state index in [4.69, 9.17) is 5.11 Å². The number of aliphatic carboxylic acids is 1. The molecule has 0 spiro atoms. The van der Waals surface area contributed by atoms with Gasteiger partial charge in [-0.3, -0.25) is 4.79 Å². The second-order valence-corrected chi connectivity index (χ2v) is 5.36. The van der Waals surface area contributed by atoms with Gasteiger partial charge in [0.05, 0.1) is 0 Å². The lowest BCUT2D eigenvalue weighted by atomic mass is 10.2. The first-order chi connectivity index (χ1) is 9.58. The van der Waals surface area contributed by atoms with Crippen molar-refractivity contribution in [2.75, 3.05) is 6.54 Å². The van der Waals surface area contributed by atoms with Crippen molar-refractivity contribution in [3.8, 4) is 0 Å². The molecule has 0 unspecified atom stereocenters. The number of urea groups is 1. The second kappa shape index (κ2) is 9.36. The van der Waals surface area contributed by atoms with Crippen LogP contribution >= 0.6 is 15.9 Å². The summed E-state index contributed by atoms with van der Waals surface area (Å²) in [4.78, 5) is 21.8. The normalized spacial score (nSPS) is 10.1. The van der Waals surface area contributed by atoms with Gasteiger partial charge in [0.25, 0.3) is 0 Å². The van der Waals surface area contributed by atoms with Gasteiger partial charge in [0, 0.05) is 24.0 Å². The molecule has 0 saturated carbocycles. The van der Waals surface area contributed by atoms with E-state index >= 15 is 0 Å². The summed E-state index contributed by atoms with van der Waals surface area (Å²) in [6.07, 6.45) is 2.44. The predicted octanol–water partition coefficient (Wildman–Crippen LogP) is 2.89. The molecular formula is C14H19BrN2O3. The van der Waals surface area contributed by atoms with Crippen LogP contribution in [0.4, 0.5) is 4.79 Å². The Balaban J connectivity index is 2.06. The number of nitrogens with one attached hydrogen (secondary N) is 2. The first-order valence-corrected chi connectivity index (χ1v) is 7.35. The molecule has 0 heterocycles. The second-order valence-electron chi connectivity index (χ2n) is 4.44. The van der Waals surface area contributed by atoms with Gasteiger partial charge in [0.15, 0.2) is 0 Å². The number of carboxylic acids is 1. The highest BCUT2D eigenvalue weighted by molar-refractivity contribution is 9.10. The Morgan fingerprint density at radius 2 is 1.75 bits per heavy atom. The number of rotatable bonds is 8. The summed E-state index contributed by atoms with van der Waals surface area (Å²) in [7, 11) is 0. The van der Waals surface area contributed by atoms with Crippen molar-refractivity contribution >= 4 is 27.9 Å². The van der Waals surface area contributed by atoms with Crippen molar-refractivity contribution in [2.45, 2.75) is 32.2 Å². The lowest BCUT2D eigenvalue weighted by Gasteiger charge is -2.07. The molecular weight excluding hydrogens is 324 g/mol. The molecule has 0 aromatic heterocycles. The minimum Gasteiger partial charge on any atom is -0.481 e. The van der Waals surface area contributed by atoms with Crippen LogP contribution in [-0.4, -0.2) is 23.7 Å². The first kappa shape index (κ1) is 16.5. The van der Waals surface area contributed by atoms with Crippen LogP contribution < -0.4 is 10.6 Å². The Labute approximate surface area is 126 Å².